The third-order valence-electron chi connectivity index (χ3n) is 14.7. The molecule has 0 bridgehead atoms. The molecule has 0 spiro atoms. The fourth-order valence-electron chi connectivity index (χ4n) is 10.1. The monoisotopic (exact) mass is 1010 g/mol. The maximum absolute atomic E-state index is 14.0. The molecule has 3 heterocycles. The van der Waals surface area contributed by atoms with Gasteiger partial charge >= 0.3 is 357 Å². The van der Waals surface area contributed by atoms with Gasteiger partial charge in [0.25, 0.3) is 0 Å². The quantitative estimate of drug-likeness (QED) is 0.0332. The number of carbonyl (C=O) groups excluding carboxylic acids is 1. The molecule has 3 aliphatic rings. The van der Waals surface area contributed by atoms with Crippen LogP contribution in [0.3, 0.4) is 0 Å². The van der Waals surface area contributed by atoms with Crippen LogP contribution < -0.4 is 0 Å². The summed E-state index contributed by atoms with van der Waals surface area (Å²) in [6.07, 6.45) is -6.39. The van der Waals surface area contributed by atoms with Gasteiger partial charge in [-0.25, -0.2) is 0 Å². The van der Waals surface area contributed by atoms with E-state index >= 15 is 0 Å². The van der Waals surface area contributed by atoms with Crippen molar-refractivity contribution >= 4 is 28.4 Å². The molecule has 0 N–H and O–H groups in total. The number of esters is 1. The molecular weight excluding hydrogens is 941 g/mol. The van der Waals surface area contributed by atoms with E-state index in [0.717, 1.165) is 29.3 Å². The van der Waals surface area contributed by atoms with Gasteiger partial charge in [0.15, 0.2) is 0 Å². The van der Waals surface area contributed by atoms with E-state index in [1.54, 1.807) is 12.1 Å². The topological polar surface area (TPSA) is 126 Å². The second-order valence-electron chi connectivity index (χ2n) is 19.7. The van der Waals surface area contributed by atoms with Crippen molar-refractivity contribution in [3.05, 3.63) is 179 Å². The van der Waals surface area contributed by atoms with E-state index < -0.39 is 60.8 Å². The fraction of sp³-hybridized carbons (Fsp3) is 0.466. The van der Waals surface area contributed by atoms with E-state index in [4.69, 9.17) is 47.4 Å². The summed E-state index contributed by atoms with van der Waals surface area (Å²) in [7, 11) is 0.955. The van der Waals surface area contributed by atoms with E-state index in [2.05, 4.69) is 39.8 Å². The Balaban J connectivity index is 1.10. The van der Waals surface area contributed by atoms with Crippen molar-refractivity contribution in [1.82, 2.24) is 0 Å². The van der Waals surface area contributed by atoms with Crippen molar-refractivity contribution in [2.45, 2.75) is 128 Å². The van der Waals surface area contributed by atoms with Crippen LogP contribution in [-0.4, -0.2) is 107 Å². The number of benzene rings is 5. The SMILES string of the molecule is C[C@@H]1C(COCc2ccccc2)O[C@@H](O[C@@H]2C(COCc3ccccc3)O[C@H](OC3[C@@H](C)[C@H](C)C(COCc4ccccc4)O[C@@H]3C)C(OCc3ccccc3)[C@H]2PBB=O)C(OC(=O)c2ccccc2)[C@H]1C. The first kappa shape index (κ1) is 54.8. The molecule has 5 aromatic carbocycles. The third kappa shape index (κ3) is 15.1. The Bertz CT molecular complexity index is 2380. The van der Waals surface area contributed by atoms with Crippen LogP contribution in [0.4, 0.5) is 0 Å². The van der Waals surface area contributed by atoms with Crippen LogP contribution in [0.25, 0.3) is 0 Å². The Morgan fingerprint density at radius 2 is 0.904 bits per heavy atom. The zero-order chi connectivity index (χ0) is 50.9. The zero-order valence-corrected chi connectivity index (χ0v) is 43.7. The van der Waals surface area contributed by atoms with E-state index in [1.807, 2.05) is 134 Å². The van der Waals surface area contributed by atoms with Crippen molar-refractivity contribution in [2.75, 3.05) is 19.8 Å². The summed E-state index contributed by atoms with van der Waals surface area (Å²) in [4.78, 5) is 14.0. The Kier molecular flexibility index (Phi) is 21.0. The summed E-state index contributed by atoms with van der Waals surface area (Å²) in [6.45, 7) is 13.1. The molecule has 0 aromatic heterocycles. The van der Waals surface area contributed by atoms with Crippen LogP contribution in [0.2, 0.25) is 0 Å². The van der Waals surface area contributed by atoms with Gasteiger partial charge in [0.05, 0.1) is 6.61 Å². The van der Waals surface area contributed by atoms with Gasteiger partial charge in [-0.05, 0) is 5.56 Å². The summed E-state index contributed by atoms with van der Waals surface area (Å²) in [6, 6.07) is 49.0. The first-order chi connectivity index (χ1) is 35.7. The first-order valence-corrected chi connectivity index (χ1v) is 27.2. The number of hydrogen-bond acceptors (Lipinski definition) is 12. The van der Waals surface area contributed by atoms with Gasteiger partial charge in [-0.1, -0.05) is 66.7 Å². The molecule has 0 radical (unpaired) electrons. The van der Waals surface area contributed by atoms with E-state index in [-0.39, 0.29) is 71.0 Å². The standard InChI is InChI=1S/C58H71B2O12P/c1-38-40(3)51(42(5)67-48(38)35-63-31-43-21-11-6-12-22-43)71-58-54(66-34-46-27-17-9-18-28-46)55(73-60-59-62)53(50(69-58)37-65-33-45-25-15-8-16-26-45)72-57-52(70-56(61)47-29-19-10-20-30-47)41(4)39(2)49(68-57)36-64-32-44-23-13-7-14-24-44/h6-30,38-42,48-55,57-58,60,73H,31-37H2,1-5H3/t38-,39-,40-,41-,42+,48?,49?,50?,51?,52?,53+,54?,55-,57-,58+/m0/s1. The maximum atomic E-state index is 14.0. The minimum absolute atomic E-state index is 0.0223. The van der Waals surface area contributed by atoms with Gasteiger partial charge in [0.2, 0.25) is 0 Å². The van der Waals surface area contributed by atoms with Crippen LogP contribution in [0.1, 0.15) is 67.2 Å². The Morgan fingerprint density at radius 1 is 0.493 bits per heavy atom. The van der Waals surface area contributed by atoms with Gasteiger partial charge in [-0.15, -0.1) is 0 Å². The van der Waals surface area contributed by atoms with Crippen molar-refractivity contribution < 1.29 is 56.9 Å². The Labute approximate surface area is 434 Å². The molecule has 12 nitrogen and oxygen atoms in total. The number of ether oxygens (including phenoxy) is 10. The average molecular weight is 1010 g/mol. The van der Waals surface area contributed by atoms with Crippen molar-refractivity contribution in [2.24, 2.45) is 23.7 Å². The third-order valence-corrected chi connectivity index (χ3v) is 16.2. The molecule has 0 amide bonds. The van der Waals surface area contributed by atoms with Gasteiger partial charge < -0.3 is 0 Å². The Morgan fingerprint density at radius 3 is 1.41 bits per heavy atom. The van der Waals surface area contributed by atoms with Crippen LogP contribution in [0.15, 0.2) is 152 Å². The average Bonchev–Trinajstić information content (AvgIpc) is 3.42. The summed E-state index contributed by atoms with van der Waals surface area (Å²) < 4.78 is 80.4. The predicted molar refractivity (Wildman–Crippen MR) is 283 cm³/mol. The van der Waals surface area contributed by atoms with Gasteiger partial charge in [-0.2, -0.15) is 0 Å². The van der Waals surface area contributed by atoms with E-state index in [0.29, 0.717) is 32.0 Å². The van der Waals surface area contributed by atoms with Gasteiger partial charge in [0, 0.05) is 0 Å². The summed E-state index contributed by atoms with van der Waals surface area (Å²) in [5.41, 5.74) is 4.05. The van der Waals surface area contributed by atoms with Crippen molar-refractivity contribution in [3.63, 3.8) is 0 Å². The molecule has 3 aliphatic heterocycles. The Hall–Kier alpha value is -4.43. The zero-order valence-electron chi connectivity index (χ0n) is 42.7. The number of carbonyl (C=O) groups is 1. The predicted octanol–water partition coefficient (Wildman–Crippen LogP) is 9.36. The normalized spacial score (nSPS) is 30.4. The number of rotatable bonds is 24. The van der Waals surface area contributed by atoms with Crippen LogP contribution in [-0.2, 0) is 78.5 Å². The molecule has 3 saturated heterocycles. The molecule has 0 saturated carbocycles. The summed E-state index contributed by atoms with van der Waals surface area (Å²) in [5, 5.41) is 0. The number of hydrogen-bond donors (Lipinski definition) is 0. The van der Waals surface area contributed by atoms with Gasteiger partial charge in [-0.3, -0.25) is 0 Å². The minimum atomic E-state index is -1.07. The van der Waals surface area contributed by atoms with Crippen LogP contribution >= 0.6 is 8.46 Å². The molecular formula is C58H71B2O12P. The van der Waals surface area contributed by atoms with Crippen molar-refractivity contribution in [1.29, 1.82) is 0 Å². The summed E-state index contributed by atoms with van der Waals surface area (Å²) >= 11 is 0. The molecule has 7 unspecified atom stereocenters. The second-order valence-corrected chi connectivity index (χ2v) is 21.2. The molecule has 3 fully saturated rings. The molecule has 73 heavy (non-hydrogen) atoms. The molecule has 8 rings (SSSR count). The summed E-state index contributed by atoms with van der Waals surface area (Å²) in [5.74, 6) is -0.702. The first-order valence-electron chi connectivity index (χ1n) is 25.9. The molecule has 15 heteroatoms. The second kappa shape index (κ2) is 27.9. The van der Waals surface area contributed by atoms with Crippen LogP contribution in [0.5, 0.6) is 0 Å². The molecule has 5 aromatic rings. The van der Waals surface area contributed by atoms with E-state index in [1.165, 1.54) is 0 Å². The fourth-order valence-corrected chi connectivity index (χ4v) is 11.4. The molecule has 16 atom stereocenters. The molecule has 386 valence electrons. The van der Waals surface area contributed by atoms with Crippen LogP contribution in [0, 0.1) is 23.7 Å². The van der Waals surface area contributed by atoms with E-state index in [9.17, 15) is 9.50 Å². The molecule has 0 aliphatic carbocycles. The van der Waals surface area contributed by atoms with Gasteiger partial charge in [0.1, 0.15) is 0 Å². The van der Waals surface area contributed by atoms with Crippen molar-refractivity contribution in [3.8, 4) is 0 Å².